The second-order valence-corrected chi connectivity index (χ2v) is 5.60. The molecule has 0 fully saturated rings. The van der Waals surface area contributed by atoms with Gasteiger partial charge in [0.05, 0.1) is 5.57 Å². The summed E-state index contributed by atoms with van der Waals surface area (Å²) in [6, 6.07) is 9.25. The van der Waals surface area contributed by atoms with Gasteiger partial charge in [-0.15, -0.1) is 0 Å². The number of rotatable bonds is 12. The van der Waals surface area contributed by atoms with Crippen LogP contribution in [0.3, 0.4) is 0 Å². The minimum atomic E-state index is -0.890. The molecule has 0 aliphatic heterocycles. The molecule has 0 radical (unpaired) electrons. The number of hydrogen-bond donors (Lipinski definition) is 1. The molecule has 1 aromatic rings. The Kier molecular flexibility index (Phi) is 9.84. The molecule has 3 heteroatoms. The molecule has 22 heavy (non-hydrogen) atoms. The summed E-state index contributed by atoms with van der Waals surface area (Å²) < 4.78 is 5.41. The third kappa shape index (κ3) is 8.50. The lowest BCUT2D eigenvalue weighted by atomic mass is 10.0. The van der Waals surface area contributed by atoms with Crippen molar-refractivity contribution in [2.45, 2.75) is 64.7 Å². The van der Waals surface area contributed by atoms with Crippen LogP contribution in [0.25, 0.3) is 0 Å². The maximum absolute atomic E-state index is 11.2. The lowest BCUT2D eigenvalue weighted by Crippen LogP contribution is -2.02. The molecule has 0 aromatic heterocycles. The van der Waals surface area contributed by atoms with E-state index in [-0.39, 0.29) is 0 Å². The van der Waals surface area contributed by atoms with Gasteiger partial charge in [0.25, 0.3) is 0 Å². The summed E-state index contributed by atoms with van der Waals surface area (Å²) in [5.41, 5.74) is 0.342. The summed E-state index contributed by atoms with van der Waals surface area (Å²) in [6.45, 7) is 2.22. The zero-order chi connectivity index (χ0) is 16.0. The standard InChI is InChI=1S/C19H28O3/c1-2-3-4-5-6-7-8-10-13-17(19(20)21)16-22-18-14-11-9-12-15-18/h9,11-12,14-16H,2-8,10,13H2,1H3,(H,20,21). The lowest BCUT2D eigenvalue weighted by molar-refractivity contribution is -0.132. The number of carbonyl (C=O) groups is 1. The molecule has 0 heterocycles. The Hall–Kier alpha value is -1.77. The minimum absolute atomic E-state index is 0.342. The summed E-state index contributed by atoms with van der Waals surface area (Å²) >= 11 is 0. The number of aliphatic carboxylic acids is 1. The Morgan fingerprint density at radius 2 is 1.59 bits per heavy atom. The number of benzene rings is 1. The minimum Gasteiger partial charge on any atom is -0.478 e. The van der Waals surface area contributed by atoms with Gasteiger partial charge in [0.1, 0.15) is 12.0 Å². The van der Waals surface area contributed by atoms with Crippen molar-refractivity contribution in [3.8, 4) is 5.75 Å². The Balaban J connectivity index is 2.22. The van der Waals surface area contributed by atoms with Crippen LogP contribution in [0.2, 0.25) is 0 Å². The average Bonchev–Trinajstić information content (AvgIpc) is 2.53. The van der Waals surface area contributed by atoms with Crippen LogP contribution in [0.5, 0.6) is 5.75 Å². The highest BCUT2D eigenvalue weighted by molar-refractivity contribution is 5.86. The molecule has 1 rings (SSSR count). The zero-order valence-electron chi connectivity index (χ0n) is 13.6. The van der Waals surface area contributed by atoms with Gasteiger partial charge in [-0.25, -0.2) is 4.79 Å². The molecule has 0 aliphatic carbocycles. The van der Waals surface area contributed by atoms with Gasteiger partial charge in [0, 0.05) is 0 Å². The van der Waals surface area contributed by atoms with Gasteiger partial charge in [-0.1, -0.05) is 70.1 Å². The average molecular weight is 304 g/mol. The predicted molar refractivity (Wildman–Crippen MR) is 90.0 cm³/mol. The Morgan fingerprint density at radius 3 is 2.18 bits per heavy atom. The van der Waals surface area contributed by atoms with E-state index in [4.69, 9.17) is 4.74 Å². The number of carboxylic acid groups (broad SMARTS) is 1. The molecule has 0 atom stereocenters. The van der Waals surface area contributed by atoms with E-state index in [0.717, 1.165) is 12.8 Å². The van der Waals surface area contributed by atoms with Gasteiger partial charge in [-0.3, -0.25) is 0 Å². The monoisotopic (exact) mass is 304 g/mol. The van der Waals surface area contributed by atoms with E-state index in [0.29, 0.717) is 17.7 Å². The number of hydrogen-bond acceptors (Lipinski definition) is 2. The first-order valence-corrected chi connectivity index (χ1v) is 8.38. The van der Waals surface area contributed by atoms with Gasteiger partial charge in [-0.2, -0.15) is 0 Å². The number of para-hydroxylation sites is 1. The fraction of sp³-hybridized carbons (Fsp3) is 0.526. The molecule has 1 aromatic carbocycles. The van der Waals surface area contributed by atoms with E-state index in [1.807, 2.05) is 30.3 Å². The van der Waals surface area contributed by atoms with E-state index in [1.165, 1.54) is 44.8 Å². The highest BCUT2D eigenvalue weighted by atomic mass is 16.5. The van der Waals surface area contributed by atoms with E-state index < -0.39 is 5.97 Å². The molecule has 3 nitrogen and oxygen atoms in total. The van der Waals surface area contributed by atoms with Crippen LogP contribution in [-0.4, -0.2) is 11.1 Å². The quantitative estimate of drug-likeness (QED) is 0.312. The van der Waals surface area contributed by atoms with Crippen LogP contribution in [0.4, 0.5) is 0 Å². The zero-order valence-corrected chi connectivity index (χ0v) is 13.6. The van der Waals surface area contributed by atoms with Crippen LogP contribution >= 0.6 is 0 Å². The van der Waals surface area contributed by atoms with Gasteiger partial charge in [-0.05, 0) is 25.0 Å². The molecule has 0 saturated carbocycles. The van der Waals surface area contributed by atoms with Gasteiger partial charge >= 0.3 is 5.97 Å². The fourth-order valence-electron chi connectivity index (χ4n) is 2.30. The second kappa shape index (κ2) is 11.8. The Bertz CT molecular complexity index is 437. The Morgan fingerprint density at radius 1 is 1.00 bits per heavy atom. The summed E-state index contributed by atoms with van der Waals surface area (Å²) in [7, 11) is 0. The van der Waals surface area contributed by atoms with Crippen molar-refractivity contribution in [3.05, 3.63) is 42.2 Å². The van der Waals surface area contributed by atoms with Crippen LogP contribution in [0.15, 0.2) is 42.2 Å². The number of ether oxygens (including phenoxy) is 1. The van der Waals surface area contributed by atoms with Crippen molar-refractivity contribution < 1.29 is 14.6 Å². The van der Waals surface area contributed by atoms with E-state index in [9.17, 15) is 9.90 Å². The van der Waals surface area contributed by atoms with Crippen molar-refractivity contribution in [1.29, 1.82) is 0 Å². The van der Waals surface area contributed by atoms with Crippen molar-refractivity contribution >= 4 is 5.97 Å². The van der Waals surface area contributed by atoms with Crippen LogP contribution in [0.1, 0.15) is 64.7 Å². The lowest BCUT2D eigenvalue weighted by Gasteiger charge is -2.05. The Labute approximate surface area is 134 Å². The first-order chi connectivity index (χ1) is 10.7. The first kappa shape index (κ1) is 18.3. The largest absolute Gasteiger partial charge is 0.478 e. The molecule has 0 bridgehead atoms. The number of carboxylic acids is 1. The molecular weight excluding hydrogens is 276 g/mol. The molecule has 0 amide bonds. The predicted octanol–water partition coefficient (Wildman–Crippen LogP) is 5.56. The molecule has 0 aliphatic rings. The van der Waals surface area contributed by atoms with Crippen molar-refractivity contribution in [2.75, 3.05) is 0 Å². The van der Waals surface area contributed by atoms with Crippen molar-refractivity contribution in [2.24, 2.45) is 0 Å². The smallest absolute Gasteiger partial charge is 0.334 e. The molecule has 122 valence electrons. The topological polar surface area (TPSA) is 46.5 Å². The van der Waals surface area contributed by atoms with E-state index >= 15 is 0 Å². The van der Waals surface area contributed by atoms with Crippen molar-refractivity contribution in [1.82, 2.24) is 0 Å². The van der Waals surface area contributed by atoms with Gasteiger partial charge < -0.3 is 9.84 Å². The maximum atomic E-state index is 11.2. The molecule has 0 unspecified atom stereocenters. The fourth-order valence-corrected chi connectivity index (χ4v) is 2.30. The van der Waals surface area contributed by atoms with Crippen molar-refractivity contribution in [3.63, 3.8) is 0 Å². The highest BCUT2D eigenvalue weighted by Gasteiger charge is 2.07. The SMILES string of the molecule is CCCCCCCCCCC(=COc1ccccc1)C(=O)O. The van der Waals surface area contributed by atoms with Gasteiger partial charge in [0.15, 0.2) is 0 Å². The summed E-state index contributed by atoms with van der Waals surface area (Å²) in [5.74, 6) is -0.226. The number of unbranched alkanes of at least 4 members (excludes halogenated alkanes) is 7. The second-order valence-electron chi connectivity index (χ2n) is 5.60. The van der Waals surface area contributed by atoms with E-state index in [2.05, 4.69) is 6.92 Å². The molecule has 1 N–H and O–H groups in total. The summed E-state index contributed by atoms with van der Waals surface area (Å²) in [4.78, 5) is 11.2. The van der Waals surface area contributed by atoms with E-state index in [1.54, 1.807) is 0 Å². The third-order valence-electron chi connectivity index (χ3n) is 3.65. The highest BCUT2D eigenvalue weighted by Crippen LogP contribution is 2.15. The maximum Gasteiger partial charge on any atom is 0.334 e. The van der Waals surface area contributed by atoms with Crippen LogP contribution in [-0.2, 0) is 4.79 Å². The normalized spacial score (nSPS) is 11.4. The van der Waals surface area contributed by atoms with Crippen LogP contribution < -0.4 is 4.74 Å². The molecule has 0 saturated heterocycles. The molecular formula is C19H28O3. The van der Waals surface area contributed by atoms with Gasteiger partial charge in [0.2, 0.25) is 0 Å². The summed E-state index contributed by atoms with van der Waals surface area (Å²) in [5, 5.41) is 9.20. The molecule has 0 spiro atoms. The first-order valence-electron chi connectivity index (χ1n) is 8.38. The van der Waals surface area contributed by atoms with Crippen LogP contribution in [0, 0.1) is 0 Å². The summed E-state index contributed by atoms with van der Waals surface area (Å²) in [6.07, 6.45) is 11.6. The third-order valence-corrected chi connectivity index (χ3v) is 3.65.